The van der Waals surface area contributed by atoms with E-state index in [1.165, 1.54) is 6.42 Å². The number of nitrogens with two attached hydrogens (primary N) is 1. The first-order valence-electron chi connectivity index (χ1n) is 9.95. The molecular weight excluding hydrogens is 373 g/mol. The zero-order chi connectivity index (χ0) is 20.0. The minimum absolute atomic E-state index is 0.0164. The van der Waals surface area contributed by atoms with Gasteiger partial charge < -0.3 is 34.6 Å². The van der Waals surface area contributed by atoms with Crippen molar-refractivity contribution in [2.75, 3.05) is 59.1 Å². The summed E-state index contributed by atoms with van der Waals surface area (Å²) in [6.45, 7) is 5.36. The normalized spacial score (nSPS) is 18.8. The number of unbranched alkanes of at least 4 members (excludes halogenated alkanes) is 2. The predicted octanol–water partition coefficient (Wildman–Crippen LogP) is 0.116. The molecule has 0 aromatic rings. The second kappa shape index (κ2) is 13.6. The Morgan fingerprint density at radius 2 is 1.81 bits per heavy atom. The Labute approximate surface area is 162 Å². The van der Waals surface area contributed by atoms with E-state index in [0.29, 0.717) is 39.3 Å². The van der Waals surface area contributed by atoms with Crippen molar-refractivity contribution in [2.24, 2.45) is 5.73 Å². The van der Waals surface area contributed by atoms with Gasteiger partial charge in [-0.3, -0.25) is 9.36 Å². The second-order valence-electron chi connectivity index (χ2n) is 7.16. The average molecular weight is 409 g/mol. The molecule has 1 unspecified atom stereocenters. The van der Waals surface area contributed by atoms with Gasteiger partial charge in [-0.1, -0.05) is 6.42 Å². The van der Waals surface area contributed by atoms with Crippen LogP contribution in [0, 0.1) is 0 Å². The van der Waals surface area contributed by atoms with Gasteiger partial charge in [-0.15, -0.1) is 0 Å². The molecule has 27 heavy (non-hydrogen) atoms. The van der Waals surface area contributed by atoms with Crippen molar-refractivity contribution >= 4 is 13.7 Å². The van der Waals surface area contributed by atoms with E-state index in [1.54, 1.807) is 0 Å². The Balaban J connectivity index is 2.16. The molecule has 160 valence electrons. The minimum atomic E-state index is -4.66. The number of likely N-dealkylation sites (tertiary alicyclic amines) is 1. The van der Waals surface area contributed by atoms with E-state index in [4.69, 9.17) is 15.4 Å². The third kappa shape index (κ3) is 12.5. The van der Waals surface area contributed by atoms with Crippen molar-refractivity contribution in [2.45, 2.75) is 44.9 Å². The van der Waals surface area contributed by atoms with Crippen LogP contribution >= 0.6 is 7.82 Å². The molecule has 9 nitrogen and oxygen atoms in total. The molecule has 10 heteroatoms. The van der Waals surface area contributed by atoms with Gasteiger partial charge in [0.05, 0.1) is 26.3 Å². The van der Waals surface area contributed by atoms with Gasteiger partial charge in [-0.25, -0.2) is 0 Å². The Morgan fingerprint density at radius 1 is 1.11 bits per heavy atom. The quantitative estimate of drug-likeness (QED) is 0.199. The van der Waals surface area contributed by atoms with Crippen LogP contribution in [-0.4, -0.2) is 74.4 Å². The van der Waals surface area contributed by atoms with Crippen molar-refractivity contribution in [3.05, 3.63) is 0 Å². The van der Waals surface area contributed by atoms with Crippen molar-refractivity contribution in [1.29, 1.82) is 0 Å². The molecule has 1 atom stereocenters. The van der Waals surface area contributed by atoms with Gasteiger partial charge in [0.2, 0.25) is 5.91 Å². The lowest BCUT2D eigenvalue weighted by molar-refractivity contribution is -0.932. The maximum atomic E-state index is 11.7. The van der Waals surface area contributed by atoms with Crippen molar-refractivity contribution in [3.63, 3.8) is 0 Å². The number of ether oxygens (including phenoxy) is 1. The summed E-state index contributed by atoms with van der Waals surface area (Å²) >= 11 is 0. The minimum Gasteiger partial charge on any atom is -0.756 e. The average Bonchev–Trinajstić information content (AvgIpc) is 2.61. The van der Waals surface area contributed by atoms with Crippen LogP contribution in [-0.2, 0) is 18.6 Å². The lowest BCUT2D eigenvalue weighted by Crippen LogP contribution is -2.55. The molecule has 0 bridgehead atoms. The number of phosphoric ester groups is 1. The largest absolute Gasteiger partial charge is 0.756 e. The first kappa shape index (κ1) is 24.5. The molecule has 1 fully saturated rings. The third-order valence-electron chi connectivity index (χ3n) is 4.97. The number of carbonyl (C=O) groups is 1. The van der Waals surface area contributed by atoms with Crippen LogP contribution in [0.1, 0.15) is 44.9 Å². The highest BCUT2D eigenvalue weighted by atomic mass is 31.2. The summed E-state index contributed by atoms with van der Waals surface area (Å²) in [5, 5.41) is 2.84. The van der Waals surface area contributed by atoms with Gasteiger partial charge in [-0.2, -0.15) is 0 Å². The number of quaternary nitrogens is 1. The van der Waals surface area contributed by atoms with Crippen molar-refractivity contribution < 1.29 is 32.9 Å². The highest BCUT2D eigenvalue weighted by Gasteiger charge is 2.29. The summed E-state index contributed by atoms with van der Waals surface area (Å²) in [7, 11) is -4.66. The Kier molecular flexibility index (Phi) is 12.3. The SMILES string of the molecule is NCCCCCC(=O)NCCOCC[N+]1(CCOP(=O)([O-])O)CCCCC1. The Morgan fingerprint density at radius 3 is 2.48 bits per heavy atom. The highest BCUT2D eigenvalue weighted by Crippen LogP contribution is 2.30. The molecule has 0 spiro atoms. The lowest BCUT2D eigenvalue weighted by atomic mass is 10.1. The molecule has 1 aliphatic heterocycles. The van der Waals surface area contributed by atoms with Gasteiger partial charge in [0, 0.05) is 13.0 Å². The summed E-state index contributed by atoms with van der Waals surface area (Å²) in [5.41, 5.74) is 5.42. The van der Waals surface area contributed by atoms with Crippen LogP contribution in [0.5, 0.6) is 0 Å². The Bertz CT molecular complexity index is 454. The Hall–Kier alpha value is -0.540. The van der Waals surface area contributed by atoms with Gasteiger partial charge >= 0.3 is 0 Å². The van der Waals surface area contributed by atoms with Gasteiger partial charge in [-0.05, 0) is 38.6 Å². The topological polar surface area (TPSA) is 134 Å². The summed E-state index contributed by atoms with van der Waals surface area (Å²) in [6, 6.07) is 0. The number of phosphoric acid groups is 1. The zero-order valence-electron chi connectivity index (χ0n) is 16.3. The number of piperidine rings is 1. The molecular formula is C17H36N3O6P. The molecule has 0 radical (unpaired) electrons. The van der Waals surface area contributed by atoms with E-state index in [-0.39, 0.29) is 12.5 Å². The van der Waals surface area contributed by atoms with E-state index in [2.05, 4.69) is 9.84 Å². The number of hydrogen-bond acceptors (Lipinski definition) is 6. The molecule has 1 heterocycles. The second-order valence-corrected chi connectivity index (χ2v) is 8.36. The monoisotopic (exact) mass is 409 g/mol. The summed E-state index contributed by atoms with van der Waals surface area (Å²) in [5.74, 6) is 0.0401. The molecule has 1 saturated heterocycles. The van der Waals surface area contributed by atoms with Gasteiger partial charge in [0.25, 0.3) is 7.82 Å². The zero-order valence-corrected chi connectivity index (χ0v) is 17.2. The van der Waals surface area contributed by atoms with Gasteiger partial charge in [0.1, 0.15) is 19.7 Å². The van der Waals surface area contributed by atoms with Crippen LogP contribution < -0.4 is 15.9 Å². The number of nitrogens with zero attached hydrogens (tertiary/aromatic N) is 1. The first-order chi connectivity index (χ1) is 12.9. The van der Waals surface area contributed by atoms with Crippen LogP contribution in [0.15, 0.2) is 0 Å². The molecule has 1 aliphatic rings. The molecule has 1 rings (SSSR count). The van der Waals surface area contributed by atoms with E-state index in [9.17, 15) is 14.3 Å². The van der Waals surface area contributed by atoms with Crippen LogP contribution in [0.3, 0.4) is 0 Å². The molecule has 0 aromatic carbocycles. The molecule has 0 aliphatic carbocycles. The lowest BCUT2D eigenvalue weighted by Gasteiger charge is -2.41. The maximum Gasteiger partial charge on any atom is 0.265 e. The van der Waals surface area contributed by atoms with E-state index in [1.807, 2.05) is 0 Å². The fraction of sp³-hybridized carbons (Fsp3) is 0.941. The van der Waals surface area contributed by atoms with E-state index >= 15 is 0 Å². The maximum absolute atomic E-state index is 11.7. The third-order valence-corrected chi connectivity index (χ3v) is 5.48. The first-order valence-corrected chi connectivity index (χ1v) is 11.4. The van der Waals surface area contributed by atoms with E-state index < -0.39 is 7.82 Å². The summed E-state index contributed by atoms with van der Waals surface area (Å²) < 4.78 is 21.7. The van der Waals surface area contributed by atoms with Crippen LogP contribution in [0.4, 0.5) is 0 Å². The van der Waals surface area contributed by atoms with Crippen LogP contribution in [0.25, 0.3) is 0 Å². The highest BCUT2D eigenvalue weighted by molar-refractivity contribution is 7.44. The fourth-order valence-electron chi connectivity index (χ4n) is 3.41. The summed E-state index contributed by atoms with van der Waals surface area (Å²) in [6.07, 6.45) is 6.67. The standard InChI is InChI=1S/C17H36N3O6P/c18-8-4-1-3-7-17(21)19-9-14-25-15-12-20(10-5-2-6-11-20)13-16-26-27(22,23)24/h1-16,18H2,(H2-,19,21,22,23,24). The fourth-order valence-corrected chi connectivity index (χ4v) is 3.72. The van der Waals surface area contributed by atoms with E-state index in [0.717, 1.165) is 56.2 Å². The number of rotatable bonds is 15. The molecule has 1 amide bonds. The van der Waals surface area contributed by atoms with Crippen molar-refractivity contribution in [3.8, 4) is 0 Å². The van der Waals surface area contributed by atoms with Crippen LogP contribution in [0.2, 0.25) is 0 Å². The van der Waals surface area contributed by atoms with Crippen molar-refractivity contribution in [1.82, 2.24) is 5.32 Å². The smallest absolute Gasteiger partial charge is 0.265 e. The number of carbonyl (C=O) groups excluding carboxylic acids is 1. The van der Waals surface area contributed by atoms with Gasteiger partial charge in [0.15, 0.2) is 0 Å². The molecule has 0 saturated carbocycles. The predicted molar refractivity (Wildman–Crippen MR) is 101 cm³/mol. The number of nitrogens with one attached hydrogen (secondary N) is 1. The number of hydrogen-bond donors (Lipinski definition) is 3. The molecule has 0 aromatic heterocycles. The number of amides is 1. The summed E-state index contributed by atoms with van der Waals surface area (Å²) in [4.78, 5) is 31.1. The molecule has 4 N–H and O–H groups in total.